The van der Waals surface area contributed by atoms with Gasteiger partial charge in [-0.2, -0.15) is 0 Å². The van der Waals surface area contributed by atoms with Crippen molar-refractivity contribution in [2.75, 3.05) is 0 Å². The molecule has 2 unspecified atom stereocenters. The van der Waals surface area contributed by atoms with Gasteiger partial charge in [0.25, 0.3) is 11.8 Å². The summed E-state index contributed by atoms with van der Waals surface area (Å²) in [7, 11) is 0. The molecule has 1 heterocycles. The first-order valence-electron chi connectivity index (χ1n) is 6.29. The molecule has 2 rings (SSSR count). The van der Waals surface area contributed by atoms with Crippen LogP contribution in [0.3, 0.4) is 0 Å². The van der Waals surface area contributed by atoms with Gasteiger partial charge in [0.15, 0.2) is 0 Å². The van der Waals surface area contributed by atoms with Crippen LogP contribution in [-0.2, 0) is 9.63 Å². The maximum absolute atomic E-state index is 12.0. The highest BCUT2D eigenvalue weighted by molar-refractivity contribution is 6.20. The summed E-state index contributed by atoms with van der Waals surface area (Å²) in [5.41, 5.74) is 0.490. The number of hydroxylamine groups is 2. The molecule has 0 bridgehead atoms. The third kappa shape index (κ3) is 2.22. The van der Waals surface area contributed by atoms with Gasteiger partial charge in [0.05, 0.1) is 17.0 Å². The summed E-state index contributed by atoms with van der Waals surface area (Å²) in [5.74, 6) is -2.46. The zero-order valence-electron chi connectivity index (χ0n) is 11.3. The Balaban J connectivity index is 2.17. The van der Waals surface area contributed by atoms with Crippen LogP contribution >= 0.6 is 0 Å². The monoisotopic (exact) mass is 273 g/mol. The highest BCUT2D eigenvalue weighted by Gasteiger charge is 2.39. The molecule has 104 valence electrons. The molecular weight excluding hydrogens is 258 g/mol. The van der Waals surface area contributed by atoms with Crippen molar-refractivity contribution in [1.82, 2.24) is 5.06 Å². The van der Waals surface area contributed by atoms with Crippen LogP contribution in [0.25, 0.3) is 0 Å². The van der Waals surface area contributed by atoms with E-state index < -0.39 is 23.7 Å². The molecule has 2 amide bonds. The van der Waals surface area contributed by atoms with E-state index in [-0.39, 0.29) is 17.0 Å². The molecule has 0 aromatic heterocycles. The number of benzene rings is 1. The lowest BCUT2D eigenvalue weighted by Gasteiger charge is -2.18. The van der Waals surface area contributed by atoms with Crippen molar-refractivity contribution >= 4 is 17.8 Å². The number of hydrogen-bond acceptors (Lipinski definition) is 4. The number of amides is 2. The quantitative estimate of drug-likeness (QED) is 0.623. The molecular formula is C15H15NO4. The van der Waals surface area contributed by atoms with Crippen LogP contribution in [0.15, 0.2) is 36.9 Å². The zero-order valence-corrected chi connectivity index (χ0v) is 11.3. The van der Waals surface area contributed by atoms with Crippen LogP contribution in [0.5, 0.6) is 0 Å². The third-order valence-electron chi connectivity index (χ3n) is 3.47. The average Bonchev–Trinajstić information content (AvgIpc) is 2.71. The molecule has 0 saturated heterocycles. The summed E-state index contributed by atoms with van der Waals surface area (Å²) in [6.45, 7) is 7.07. The number of allylic oxidation sites excluding steroid dienone is 1. The second kappa shape index (κ2) is 5.28. The number of imide groups is 1. The minimum Gasteiger partial charge on any atom is -0.329 e. The van der Waals surface area contributed by atoms with Gasteiger partial charge in [-0.15, -0.1) is 6.58 Å². The molecule has 0 aliphatic carbocycles. The van der Waals surface area contributed by atoms with Gasteiger partial charge >= 0.3 is 5.97 Å². The van der Waals surface area contributed by atoms with Gasteiger partial charge in [0.1, 0.15) is 0 Å². The predicted octanol–water partition coefficient (Wildman–Crippen LogP) is 2.20. The van der Waals surface area contributed by atoms with Gasteiger partial charge in [0, 0.05) is 0 Å². The Morgan fingerprint density at radius 1 is 1.20 bits per heavy atom. The van der Waals surface area contributed by atoms with Crippen molar-refractivity contribution in [1.29, 1.82) is 0 Å². The van der Waals surface area contributed by atoms with Crippen LogP contribution < -0.4 is 0 Å². The third-order valence-corrected chi connectivity index (χ3v) is 3.47. The van der Waals surface area contributed by atoms with E-state index in [0.29, 0.717) is 5.06 Å². The Labute approximate surface area is 116 Å². The molecule has 5 heteroatoms. The lowest BCUT2D eigenvalue weighted by Crippen LogP contribution is -2.35. The van der Waals surface area contributed by atoms with E-state index in [4.69, 9.17) is 4.84 Å². The van der Waals surface area contributed by atoms with E-state index in [1.807, 2.05) is 0 Å². The van der Waals surface area contributed by atoms with Gasteiger partial charge in [-0.3, -0.25) is 9.59 Å². The van der Waals surface area contributed by atoms with Gasteiger partial charge < -0.3 is 4.84 Å². The molecule has 0 saturated carbocycles. The van der Waals surface area contributed by atoms with Crippen molar-refractivity contribution in [2.45, 2.75) is 13.8 Å². The Kier molecular flexibility index (Phi) is 3.70. The van der Waals surface area contributed by atoms with Crippen molar-refractivity contribution in [2.24, 2.45) is 11.8 Å². The van der Waals surface area contributed by atoms with E-state index in [2.05, 4.69) is 6.58 Å². The molecule has 20 heavy (non-hydrogen) atoms. The molecule has 0 fully saturated rings. The average molecular weight is 273 g/mol. The highest BCUT2D eigenvalue weighted by atomic mass is 16.7. The Morgan fingerprint density at radius 3 is 2.15 bits per heavy atom. The number of hydrogen-bond donors (Lipinski definition) is 0. The maximum Gasteiger partial charge on any atom is 0.336 e. The van der Waals surface area contributed by atoms with E-state index in [1.54, 1.807) is 32.1 Å². The molecule has 1 aliphatic heterocycles. The first-order valence-corrected chi connectivity index (χ1v) is 6.29. The van der Waals surface area contributed by atoms with Crippen molar-refractivity contribution in [3.05, 3.63) is 48.0 Å². The second-order valence-electron chi connectivity index (χ2n) is 4.74. The van der Waals surface area contributed by atoms with Gasteiger partial charge in [-0.1, -0.05) is 37.1 Å². The second-order valence-corrected chi connectivity index (χ2v) is 4.74. The highest BCUT2D eigenvalue weighted by Crippen LogP contribution is 2.24. The largest absolute Gasteiger partial charge is 0.336 e. The Morgan fingerprint density at radius 2 is 1.70 bits per heavy atom. The molecule has 2 atom stereocenters. The minimum absolute atomic E-state index is 0.113. The number of carbonyl (C=O) groups is 3. The van der Waals surface area contributed by atoms with Gasteiger partial charge in [-0.05, 0) is 18.1 Å². The Bertz CT molecular complexity index is 558. The van der Waals surface area contributed by atoms with Crippen LogP contribution in [-0.4, -0.2) is 22.8 Å². The summed E-state index contributed by atoms with van der Waals surface area (Å²) >= 11 is 0. The summed E-state index contributed by atoms with van der Waals surface area (Å²) < 4.78 is 0. The first kappa shape index (κ1) is 14.0. The van der Waals surface area contributed by atoms with Crippen molar-refractivity contribution < 1.29 is 19.2 Å². The van der Waals surface area contributed by atoms with Crippen molar-refractivity contribution in [3.63, 3.8) is 0 Å². The van der Waals surface area contributed by atoms with E-state index >= 15 is 0 Å². The molecule has 1 aliphatic rings. The number of nitrogens with zero attached hydrogens (tertiary/aromatic N) is 1. The normalized spacial score (nSPS) is 16.6. The Hall–Kier alpha value is -2.43. The standard InChI is InChI=1S/C15H15NO4/c1-4-9(2)10(3)15(19)20-16-13(17)11-7-5-6-8-12(11)14(16)18/h4-10H,1H2,2-3H3. The summed E-state index contributed by atoms with van der Waals surface area (Å²) in [5, 5.41) is 0.527. The van der Waals surface area contributed by atoms with Crippen LogP contribution in [0.2, 0.25) is 0 Å². The van der Waals surface area contributed by atoms with Crippen LogP contribution in [0.1, 0.15) is 34.6 Å². The SMILES string of the molecule is C=CC(C)C(C)C(=O)ON1C(=O)c2ccccc2C1=O. The fourth-order valence-corrected chi connectivity index (χ4v) is 1.84. The van der Waals surface area contributed by atoms with Gasteiger partial charge in [0.2, 0.25) is 0 Å². The van der Waals surface area contributed by atoms with Crippen LogP contribution in [0.4, 0.5) is 0 Å². The van der Waals surface area contributed by atoms with E-state index in [1.165, 1.54) is 12.1 Å². The van der Waals surface area contributed by atoms with Crippen molar-refractivity contribution in [3.8, 4) is 0 Å². The molecule has 1 aromatic carbocycles. The molecule has 0 N–H and O–H groups in total. The molecule has 5 nitrogen and oxygen atoms in total. The smallest absolute Gasteiger partial charge is 0.329 e. The minimum atomic E-state index is -0.632. The van der Waals surface area contributed by atoms with Crippen LogP contribution in [0, 0.1) is 11.8 Å². The van der Waals surface area contributed by atoms with Gasteiger partial charge in [-0.25, -0.2) is 4.79 Å². The van der Waals surface area contributed by atoms with E-state index in [9.17, 15) is 14.4 Å². The molecule has 0 spiro atoms. The predicted molar refractivity (Wildman–Crippen MR) is 71.6 cm³/mol. The summed E-state index contributed by atoms with van der Waals surface area (Å²) in [6.07, 6.45) is 1.62. The molecule has 0 radical (unpaired) electrons. The molecule has 1 aromatic rings. The lowest BCUT2D eigenvalue weighted by atomic mass is 9.97. The summed E-state index contributed by atoms with van der Waals surface area (Å²) in [6, 6.07) is 6.36. The zero-order chi connectivity index (χ0) is 14.9. The fraction of sp³-hybridized carbons (Fsp3) is 0.267. The number of rotatable bonds is 4. The topological polar surface area (TPSA) is 63.7 Å². The summed E-state index contributed by atoms with van der Waals surface area (Å²) in [4.78, 5) is 40.9. The van der Waals surface area contributed by atoms with E-state index in [0.717, 1.165) is 0 Å². The lowest BCUT2D eigenvalue weighted by molar-refractivity contribution is -0.174. The maximum atomic E-state index is 12.0. The number of carbonyl (C=O) groups excluding carboxylic acids is 3. The fourth-order valence-electron chi connectivity index (χ4n) is 1.84. The number of fused-ring (bicyclic) bond motifs is 1. The first-order chi connectivity index (χ1) is 9.47.